The average Bonchev–Trinajstić information content (AvgIpc) is 3.13. The van der Waals surface area contributed by atoms with Gasteiger partial charge in [0, 0.05) is 12.8 Å². The van der Waals surface area contributed by atoms with Crippen LogP contribution in [0.2, 0.25) is 0 Å². The van der Waals surface area contributed by atoms with Crippen LogP contribution in [-0.2, 0) is 11.2 Å². The molecule has 0 saturated heterocycles. The molecule has 0 radical (unpaired) electrons. The Morgan fingerprint density at radius 2 is 1.82 bits per heavy atom. The Morgan fingerprint density at radius 3 is 2.46 bits per heavy atom. The fourth-order valence-electron chi connectivity index (χ4n) is 3.00. The smallest absolute Gasteiger partial charge is 0.226 e. The summed E-state index contributed by atoms with van der Waals surface area (Å²) in [5.74, 6) is 1.98. The quantitative estimate of drug-likeness (QED) is 0.608. The van der Waals surface area contributed by atoms with E-state index in [9.17, 15) is 4.79 Å². The van der Waals surface area contributed by atoms with Crippen LogP contribution in [0.25, 0.3) is 0 Å². The predicted molar refractivity (Wildman–Crippen MR) is 106 cm³/mol. The van der Waals surface area contributed by atoms with Crippen molar-refractivity contribution in [2.45, 2.75) is 39.2 Å². The molecule has 1 amide bonds. The molecule has 0 fully saturated rings. The first-order chi connectivity index (χ1) is 13.7. The van der Waals surface area contributed by atoms with E-state index in [4.69, 9.17) is 9.26 Å². The molecule has 1 unspecified atom stereocenters. The Morgan fingerprint density at radius 1 is 1.11 bits per heavy atom. The molecule has 6 heteroatoms. The standard InChI is InChI=1S/C22H25N3O3/c1-3-27-19-14-12-18(13-15-19)22(17-8-5-4-6-9-17)24-20(26)10-7-11-21-23-16(2)25-28-21/h4-6,8-9,12-15,22H,3,7,10-11H2,1-2H3,(H,24,26). The Hall–Kier alpha value is -3.15. The minimum atomic E-state index is -0.213. The topological polar surface area (TPSA) is 77.2 Å². The summed E-state index contributed by atoms with van der Waals surface area (Å²) in [5.41, 5.74) is 2.04. The Bertz CT molecular complexity index is 876. The van der Waals surface area contributed by atoms with E-state index in [0.29, 0.717) is 37.6 Å². The second kappa shape index (κ2) is 9.69. The van der Waals surface area contributed by atoms with Crippen LogP contribution in [0.3, 0.4) is 0 Å². The Kier molecular flexibility index (Phi) is 6.78. The van der Waals surface area contributed by atoms with Crippen molar-refractivity contribution in [2.75, 3.05) is 6.61 Å². The Balaban J connectivity index is 1.66. The highest BCUT2D eigenvalue weighted by molar-refractivity contribution is 5.77. The van der Waals surface area contributed by atoms with Gasteiger partial charge in [-0.05, 0) is 43.5 Å². The molecule has 1 aromatic heterocycles. The maximum Gasteiger partial charge on any atom is 0.226 e. The van der Waals surface area contributed by atoms with Gasteiger partial charge in [-0.15, -0.1) is 0 Å². The summed E-state index contributed by atoms with van der Waals surface area (Å²) in [6.45, 7) is 4.36. The number of hydrogen-bond donors (Lipinski definition) is 1. The second-order valence-electron chi connectivity index (χ2n) is 6.50. The number of carbonyl (C=O) groups excluding carboxylic acids is 1. The van der Waals surface area contributed by atoms with Crippen molar-refractivity contribution in [1.29, 1.82) is 0 Å². The fraction of sp³-hybridized carbons (Fsp3) is 0.318. The number of aromatic nitrogens is 2. The summed E-state index contributed by atoms with van der Waals surface area (Å²) < 4.78 is 10.6. The van der Waals surface area contributed by atoms with Crippen molar-refractivity contribution < 1.29 is 14.1 Å². The van der Waals surface area contributed by atoms with Gasteiger partial charge in [-0.25, -0.2) is 0 Å². The normalized spacial score (nSPS) is 11.8. The highest BCUT2D eigenvalue weighted by Crippen LogP contribution is 2.24. The number of rotatable bonds is 9. The van der Waals surface area contributed by atoms with Crippen LogP contribution in [0.4, 0.5) is 0 Å². The molecule has 6 nitrogen and oxygen atoms in total. The molecule has 2 aromatic carbocycles. The summed E-state index contributed by atoms with van der Waals surface area (Å²) in [5, 5.41) is 6.91. The van der Waals surface area contributed by atoms with Crippen LogP contribution in [-0.4, -0.2) is 22.7 Å². The van der Waals surface area contributed by atoms with Gasteiger partial charge in [0.1, 0.15) is 5.75 Å². The largest absolute Gasteiger partial charge is 0.494 e. The molecule has 0 spiro atoms. The van der Waals surface area contributed by atoms with E-state index in [0.717, 1.165) is 16.9 Å². The van der Waals surface area contributed by atoms with Gasteiger partial charge in [0.15, 0.2) is 5.82 Å². The van der Waals surface area contributed by atoms with Crippen LogP contribution in [0, 0.1) is 6.92 Å². The van der Waals surface area contributed by atoms with E-state index >= 15 is 0 Å². The van der Waals surface area contributed by atoms with Crippen molar-refractivity contribution in [3.05, 3.63) is 77.4 Å². The van der Waals surface area contributed by atoms with Gasteiger partial charge in [0.05, 0.1) is 12.6 Å². The van der Waals surface area contributed by atoms with Crippen LogP contribution < -0.4 is 10.1 Å². The summed E-state index contributed by atoms with van der Waals surface area (Å²) in [6.07, 6.45) is 1.63. The predicted octanol–water partition coefficient (Wildman–Crippen LogP) is 4.01. The minimum absolute atomic E-state index is 0.0148. The van der Waals surface area contributed by atoms with Gasteiger partial charge in [-0.2, -0.15) is 4.98 Å². The van der Waals surface area contributed by atoms with Crippen molar-refractivity contribution >= 4 is 5.91 Å². The van der Waals surface area contributed by atoms with E-state index in [1.54, 1.807) is 6.92 Å². The zero-order valence-corrected chi connectivity index (χ0v) is 16.2. The summed E-state index contributed by atoms with van der Waals surface area (Å²) in [7, 11) is 0. The molecule has 3 aromatic rings. The number of carbonyl (C=O) groups is 1. The number of hydrogen-bond acceptors (Lipinski definition) is 5. The molecule has 0 aliphatic rings. The lowest BCUT2D eigenvalue weighted by Gasteiger charge is -2.20. The van der Waals surface area contributed by atoms with Crippen LogP contribution >= 0.6 is 0 Å². The van der Waals surface area contributed by atoms with E-state index in [-0.39, 0.29) is 11.9 Å². The van der Waals surface area contributed by atoms with E-state index in [2.05, 4.69) is 15.5 Å². The summed E-state index contributed by atoms with van der Waals surface area (Å²) in [6, 6.07) is 17.6. The molecule has 1 N–H and O–H groups in total. The summed E-state index contributed by atoms with van der Waals surface area (Å²) >= 11 is 0. The van der Waals surface area contributed by atoms with E-state index in [1.165, 1.54) is 0 Å². The highest BCUT2D eigenvalue weighted by Gasteiger charge is 2.17. The summed E-state index contributed by atoms with van der Waals surface area (Å²) in [4.78, 5) is 16.7. The molecule has 28 heavy (non-hydrogen) atoms. The van der Waals surface area contributed by atoms with Crippen molar-refractivity contribution in [3.8, 4) is 5.75 Å². The zero-order valence-electron chi connectivity index (χ0n) is 16.2. The number of benzene rings is 2. The second-order valence-corrected chi connectivity index (χ2v) is 6.50. The number of aryl methyl sites for hydroxylation is 2. The number of ether oxygens (including phenoxy) is 1. The molecular formula is C22H25N3O3. The third-order valence-electron chi connectivity index (χ3n) is 4.33. The molecule has 0 aliphatic heterocycles. The van der Waals surface area contributed by atoms with Crippen molar-refractivity contribution in [1.82, 2.24) is 15.5 Å². The van der Waals surface area contributed by atoms with Gasteiger partial charge in [-0.3, -0.25) is 4.79 Å². The molecule has 3 rings (SSSR count). The van der Waals surface area contributed by atoms with Crippen LogP contribution in [0.5, 0.6) is 5.75 Å². The molecule has 1 atom stereocenters. The fourth-order valence-corrected chi connectivity index (χ4v) is 3.00. The van der Waals surface area contributed by atoms with Crippen molar-refractivity contribution in [3.63, 3.8) is 0 Å². The lowest BCUT2D eigenvalue weighted by Crippen LogP contribution is -2.29. The van der Waals surface area contributed by atoms with Gasteiger partial charge in [-0.1, -0.05) is 47.6 Å². The third-order valence-corrected chi connectivity index (χ3v) is 4.33. The van der Waals surface area contributed by atoms with Gasteiger partial charge < -0.3 is 14.6 Å². The first-order valence-electron chi connectivity index (χ1n) is 9.52. The highest BCUT2D eigenvalue weighted by atomic mass is 16.5. The Labute approximate surface area is 164 Å². The molecular weight excluding hydrogens is 354 g/mol. The molecule has 0 saturated carbocycles. The van der Waals surface area contributed by atoms with E-state index in [1.807, 2.05) is 61.5 Å². The number of nitrogens with zero attached hydrogens (tertiary/aromatic N) is 2. The molecule has 0 bridgehead atoms. The van der Waals surface area contributed by atoms with Gasteiger partial charge >= 0.3 is 0 Å². The monoisotopic (exact) mass is 379 g/mol. The number of nitrogens with one attached hydrogen (secondary N) is 1. The van der Waals surface area contributed by atoms with Gasteiger partial charge in [0.25, 0.3) is 0 Å². The average molecular weight is 379 g/mol. The first kappa shape index (κ1) is 19.6. The maximum absolute atomic E-state index is 12.6. The SMILES string of the molecule is CCOc1ccc(C(NC(=O)CCCc2nc(C)no2)c2ccccc2)cc1. The van der Waals surface area contributed by atoms with Gasteiger partial charge in [0.2, 0.25) is 11.8 Å². The third kappa shape index (κ3) is 5.42. The van der Waals surface area contributed by atoms with Crippen LogP contribution in [0.1, 0.15) is 48.6 Å². The van der Waals surface area contributed by atoms with Crippen LogP contribution in [0.15, 0.2) is 59.1 Å². The maximum atomic E-state index is 12.6. The first-order valence-corrected chi connectivity index (χ1v) is 9.52. The lowest BCUT2D eigenvalue weighted by molar-refractivity contribution is -0.121. The zero-order chi connectivity index (χ0) is 19.8. The molecule has 146 valence electrons. The molecule has 1 heterocycles. The van der Waals surface area contributed by atoms with E-state index < -0.39 is 0 Å². The number of amides is 1. The minimum Gasteiger partial charge on any atom is -0.494 e. The van der Waals surface area contributed by atoms with Crippen molar-refractivity contribution in [2.24, 2.45) is 0 Å². The lowest BCUT2D eigenvalue weighted by atomic mass is 9.98. The molecule has 0 aliphatic carbocycles.